The van der Waals surface area contributed by atoms with Crippen LogP contribution in [0.25, 0.3) is 0 Å². The molecule has 0 aromatic heterocycles. The first-order valence-electron chi connectivity index (χ1n) is 6.02. The van der Waals surface area contributed by atoms with E-state index in [-0.39, 0.29) is 5.91 Å². The molecule has 0 spiro atoms. The molecule has 0 heterocycles. The van der Waals surface area contributed by atoms with Crippen molar-refractivity contribution in [3.8, 4) is 11.5 Å². The predicted octanol–water partition coefficient (Wildman–Crippen LogP) is 1.70. The van der Waals surface area contributed by atoms with Gasteiger partial charge in [0.2, 0.25) is 0 Å². The van der Waals surface area contributed by atoms with Crippen molar-refractivity contribution < 1.29 is 19.0 Å². The molecule has 0 saturated heterocycles. The Labute approximate surface area is 114 Å². The van der Waals surface area contributed by atoms with Gasteiger partial charge in [0.05, 0.1) is 14.2 Å². The number of hydrogen-bond donors (Lipinski definition) is 0. The van der Waals surface area contributed by atoms with E-state index in [4.69, 9.17) is 14.2 Å². The third kappa shape index (κ3) is 3.86. The second kappa shape index (κ2) is 6.99. The average Bonchev–Trinajstić information content (AvgIpc) is 2.45. The summed E-state index contributed by atoms with van der Waals surface area (Å²) in [5.41, 5.74) is 0.969. The average molecular weight is 267 g/mol. The minimum Gasteiger partial charge on any atom is -0.493 e. The van der Waals surface area contributed by atoms with Crippen molar-refractivity contribution in [1.82, 2.24) is 4.90 Å². The van der Waals surface area contributed by atoms with Crippen molar-refractivity contribution >= 4 is 5.91 Å². The molecule has 1 rings (SSSR count). The molecule has 0 aliphatic carbocycles. The molecule has 19 heavy (non-hydrogen) atoms. The van der Waals surface area contributed by atoms with Crippen molar-refractivity contribution in [2.24, 2.45) is 0 Å². The third-order valence-corrected chi connectivity index (χ3v) is 2.95. The smallest absolute Gasteiger partial charge is 0.251 e. The topological polar surface area (TPSA) is 48.0 Å². The predicted molar refractivity (Wildman–Crippen MR) is 72.5 cm³/mol. The normalized spacial score (nSPS) is 11.8. The maximum atomic E-state index is 11.9. The van der Waals surface area contributed by atoms with Gasteiger partial charge in [0.25, 0.3) is 5.91 Å². The fourth-order valence-corrected chi connectivity index (χ4v) is 1.74. The Morgan fingerprint density at radius 1 is 1.21 bits per heavy atom. The van der Waals surface area contributed by atoms with Crippen molar-refractivity contribution in [3.63, 3.8) is 0 Å². The van der Waals surface area contributed by atoms with Crippen LogP contribution in [0.5, 0.6) is 11.5 Å². The van der Waals surface area contributed by atoms with Crippen LogP contribution in [0.2, 0.25) is 0 Å². The van der Waals surface area contributed by atoms with E-state index < -0.39 is 6.10 Å². The van der Waals surface area contributed by atoms with Crippen LogP contribution in [0.4, 0.5) is 0 Å². The highest BCUT2D eigenvalue weighted by atomic mass is 16.5. The number of ether oxygens (including phenoxy) is 3. The quantitative estimate of drug-likeness (QED) is 0.787. The standard InChI is InChI=1S/C14H21NO4/c1-10(17-3)14(16)15(2)9-11-6-7-12(18-4)13(8-11)19-5/h6-8,10H,9H2,1-5H3. The third-order valence-electron chi connectivity index (χ3n) is 2.95. The number of nitrogens with zero attached hydrogens (tertiary/aromatic N) is 1. The van der Waals surface area contributed by atoms with Crippen LogP contribution in [-0.4, -0.2) is 45.3 Å². The highest BCUT2D eigenvalue weighted by Gasteiger charge is 2.17. The van der Waals surface area contributed by atoms with Crippen LogP contribution in [-0.2, 0) is 16.1 Å². The number of likely N-dealkylation sites (N-methyl/N-ethyl adjacent to an activating group) is 1. The minimum absolute atomic E-state index is 0.0581. The molecule has 0 N–H and O–H groups in total. The summed E-state index contributed by atoms with van der Waals surface area (Å²) in [7, 11) is 6.44. The van der Waals surface area contributed by atoms with E-state index in [1.54, 1.807) is 33.1 Å². The van der Waals surface area contributed by atoms with E-state index in [2.05, 4.69) is 0 Å². The molecule has 0 saturated carbocycles. The summed E-state index contributed by atoms with van der Waals surface area (Å²) in [5, 5.41) is 0. The molecule has 106 valence electrons. The van der Waals surface area contributed by atoms with Crippen LogP contribution >= 0.6 is 0 Å². The zero-order valence-electron chi connectivity index (χ0n) is 12.1. The highest BCUT2D eigenvalue weighted by molar-refractivity contribution is 5.80. The van der Waals surface area contributed by atoms with E-state index in [0.717, 1.165) is 5.56 Å². The Kier molecular flexibility index (Phi) is 5.63. The molecule has 0 bridgehead atoms. The molecule has 0 fully saturated rings. The van der Waals surface area contributed by atoms with Crippen LogP contribution in [0.1, 0.15) is 12.5 Å². The van der Waals surface area contributed by atoms with E-state index in [9.17, 15) is 4.79 Å². The van der Waals surface area contributed by atoms with Crippen molar-refractivity contribution in [2.75, 3.05) is 28.4 Å². The van der Waals surface area contributed by atoms with Crippen molar-refractivity contribution in [2.45, 2.75) is 19.6 Å². The van der Waals surface area contributed by atoms with Gasteiger partial charge in [-0.1, -0.05) is 6.07 Å². The lowest BCUT2D eigenvalue weighted by Crippen LogP contribution is -2.35. The zero-order chi connectivity index (χ0) is 14.4. The zero-order valence-corrected chi connectivity index (χ0v) is 12.1. The number of carbonyl (C=O) groups is 1. The summed E-state index contributed by atoms with van der Waals surface area (Å²) in [4.78, 5) is 13.5. The van der Waals surface area contributed by atoms with Gasteiger partial charge in [0.1, 0.15) is 6.10 Å². The van der Waals surface area contributed by atoms with Gasteiger partial charge in [0, 0.05) is 20.7 Å². The number of carbonyl (C=O) groups excluding carboxylic acids is 1. The number of benzene rings is 1. The lowest BCUT2D eigenvalue weighted by Gasteiger charge is -2.21. The summed E-state index contributed by atoms with van der Waals surface area (Å²) in [6.07, 6.45) is -0.440. The van der Waals surface area contributed by atoms with Crippen molar-refractivity contribution in [3.05, 3.63) is 23.8 Å². The Bertz CT molecular complexity index is 433. The Balaban J connectivity index is 2.79. The van der Waals surface area contributed by atoms with Gasteiger partial charge in [-0.05, 0) is 24.6 Å². The summed E-state index contributed by atoms with van der Waals surface area (Å²) >= 11 is 0. The molecule has 0 radical (unpaired) electrons. The summed E-state index contributed by atoms with van der Waals surface area (Å²) in [6, 6.07) is 5.59. The number of hydrogen-bond acceptors (Lipinski definition) is 4. The largest absolute Gasteiger partial charge is 0.493 e. The van der Waals surface area contributed by atoms with Crippen LogP contribution in [0.3, 0.4) is 0 Å². The van der Waals surface area contributed by atoms with E-state index in [1.165, 1.54) is 7.11 Å². The second-order valence-electron chi connectivity index (χ2n) is 4.26. The van der Waals surface area contributed by atoms with Crippen LogP contribution in [0.15, 0.2) is 18.2 Å². The molecule has 1 unspecified atom stereocenters. The van der Waals surface area contributed by atoms with Gasteiger partial charge in [-0.25, -0.2) is 0 Å². The van der Waals surface area contributed by atoms with E-state index in [1.807, 2.05) is 18.2 Å². The first-order chi connectivity index (χ1) is 9.03. The van der Waals surface area contributed by atoms with E-state index in [0.29, 0.717) is 18.0 Å². The molecule has 5 nitrogen and oxygen atoms in total. The summed E-state index contributed by atoms with van der Waals surface area (Å²) in [6.45, 7) is 2.22. The maximum absolute atomic E-state index is 11.9. The molecule has 5 heteroatoms. The van der Waals surface area contributed by atoms with Gasteiger partial charge < -0.3 is 19.1 Å². The number of amides is 1. The lowest BCUT2D eigenvalue weighted by molar-refractivity contribution is -0.140. The Morgan fingerprint density at radius 2 is 1.84 bits per heavy atom. The number of methoxy groups -OCH3 is 3. The molecule has 1 atom stereocenters. The molecule has 1 aromatic rings. The minimum atomic E-state index is -0.440. The van der Waals surface area contributed by atoms with Crippen LogP contribution in [0, 0.1) is 0 Å². The van der Waals surface area contributed by atoms with Gasteiger partial charge >= 0.3 is 0 Å². The van der Waals surface area contributed by atoms with Crippen LogP contribution < -0.4 is 9.47 Å². The van der Waals surface area contributed by atoms with Gasteiger partial charge in [0.15, 0.2) is 11.5 Å². The molecular formula is C14H21NO4. The lowest BCUT2D eigenvalue weighted by atomic mass is 10.2. The number of rotatable bonds is 6. The molecular weight excluding hydrogens is 246 g/mol. The van der Waals surface area contributed by atoms with E-state index >= 15 is 0 Å². The highest BCUT2D eigenvalue weighted by Crippen LogP contribution is 2.27. The monoisotopic (exact) mass is 267 g/mol. The first kappa shape index (κ1) is 15.3. The fourth-order valence-electron chi connectivity index (χ4n) is 1.74. The van der Waals surface area contributed by atoms with Gasteiger partial charge in [-0.2, -0.15) is 0 Å². The maximum Gasteiger partial charge on any atom is 0.251 e. The Hall–Kier alpha value is -1.75. The second-order valence-corrected chi connectivity index (χ2v) is 4.26. The fraction of sp³-hybridized carbons (Fsp3) is 0.500. The first-order valence-corrected chi connectivity index (χ1v) is 6.02. The van der Waals surface area contributed by atoms with Gasteiger partial charge in [-0.3, -0.25) is 4.79 Å². The van der Waals surface area contributed by atoms with Gasteiger partial charge in [-0.15, -0.1) is 0 Å². The van der Waals surface area contributed by atoms with Crippen molar-refractivity contribution in [1.29, 1.82) is 0 Å². The Morgan fingerprint density at radius 3 is 2.37 bits per heavy atom. The SMILES string of the molecule is COc1ccc(CN(C)C(=O)C(C)OC)cc1OC. The molecule has 1 aromatic carbocycles. The molecule has 1 amide bonds. The molecule has 0 aliphatic rings. The summed E-state index contributed by atoms with van der Waals surface area (Å²) < 4.78 is 15.4. The summed E-state index contributed by atoms with van der Waals surface area (Å²) in [5.74, 6) is 1.27. The molecule has 0 aliphatic heterocycles.